The molecule has 1 aromatic rings. The van der Waals surface area contributed by atoms with Crippen LogP contribution in [0.3, 0.4) is 0 Å². The van der Waals surface area contributed by atoms with Crippen molar-refractivity contribution in [2.24, 2.45) is 10.9 Å². The molecule has 4 N–H and O–H groups in total. The highest BCUT2D eigenvalue weighted by atomic mass is 16.4. The third-order valence-electron chi connectivity index (χ3n) is 3.62. The highest BCUT2D eigenvalue weighted by Gasteiger charge is 2.09. The zero-order valence-corrected chi connectivity index (χ0v) is 12.8. The minimum Gasteiger partial charge on any atom is -0.409 e. The number of nitrogens with one attached hydrogen (secondary N) is 1. The lowest BCUT2D eigenvalue weighted by atomic mass is 10.1. The van der Waals surface area contributed by atoms with Crippen molar-refractivity contribution in [1.29, 1.82) is 0 Å². The molecule has 0 heterocycles. The molecule has 0 bridgehead atoms. The number of hydrogen-bond acceptors (Lipinski definition) is 4. The van der Waals surface area contributed by atoms with E-state index in [0.29, 0.717) is 23.7 Å². The number of amidine groups is 1. The molecule has 116 valence electrons. The van der Waals surface area contributed by atoms with E-state index in [2.05, 4.69) is 29.2 Å². The van der Waals surface area contributed by atoms with Crippen LogP contribution < -0.4 is 11.1 Å². The van der Waals surface area contributed by atoms with Gasteiger partial charge in [-0.05, 0) is 32.5 Å². The topological polar surface area (TPSA) is 91.0 Å². The molecule has 0 spiro atoms. The smallest absolute Gasteiger partial charge is 0.251 e. The molecule has 6 nitrogen and oxygen atoms in total. The van der Waals surface area contributed by atoms with Crippen LogP contribution in [-0.2, 0) is 0 Å². The number of benzene rings is 1. The van der Waals surface area contributed by atoms with E-state index in [1.807, 2.05) is 7.05 Å². The van der Waals surface area contributed by atoms with Crippen LogP contribution >= 0.6 is 0 Å². The molecule has 1 amide bonds. The van der Waals surface area contributed by atoms with Gasteiger partial charge in [-0.15, -0.1) is 0 Å². The van der Waals surface area contributed by atoms with Crippen LogP contribution in [0.4, 0.5) is 0 Å². The highest BCUT2D eigenvalue weighted by molar-refractivity contribution is 6.01. The van der Waals surface area contributed by atoms with Crippen molar-refractivity contribution in [1.82, 2.24) is 10.2 Å². The van der Waals surface area contributed by atoms with Crippen molar-refractivity contribution in [2.75, 3.05) is 20.1 Å². The molecule has 0 aromatic heterocycles. The van der Waals surface area contributed by atoms with E-state index in [1.54, 1.807) is 24.3 Å². The van der Waals surface area contributed by atoms with E-state index in [9.17, 15) is 4.79 Å². The lowest BCUT2D eigenvalue weighted by Gasteiger charge is -2.23. The zero-order chi connectivity index (χ0) is 15.8. The number of nitrogens with two attached hydrogens (primary N) is 1. The summed E-state index contributed by atoms with van der Waals surface area (Å²) in [5.41, 5.74) is 6.52. The van der Waals surface area contributed by atoms with Crippen LogP contribution in [0, 0.1) is 0 Å². The number of likely N-dealkylation sites (N-methyl/N-ethyl adjacent to an activating group) is 1. The summed E-state index contributed by atoms with van der Waals surface area (Å²) in [7, 11) is 2.04. The molecular weight excluding hydrogens is 268 g/mol. The van der Waals surface area contributed by atoms with Crippen LogP contribution in [0.1, 0.15) is 36.2 Å². The summed E-state index contributed by atoms with van der Waals surface area (Å²) in [6.45, 7) is 5.66. The summed E-state index contributed by atoms with van der Waals surface area (Å²) in [6.07, 6.45) is 1.08. The third-order valence-corrected chi connectivity index (χ3v) is 3.62. The predicted molar refractivity (Wildman–Crippen MR) is 83.7 cm³/mol. The Bertz CT molecular complexity index is 502. The summed E-state index contributed by atoms with van der Waals surface area (Å²) in [5, 5.41) is 14.5. The van der Waals surface area contributed by atoms with Crippen molar-refractivity contribution in [3.63, 3.8) is 0 Å². The second-order valence-electron chi connectivity index (χ2n) is 5.06. The molecule has 0 saturated carbocycles. The molecule has 1 unspecified atom stereocenters. The monoisotopic (exact) mass is 292 g/mol. The predicted octanol–water partition coefficient (Wildman–Crippen LogP) is 1.24. The fourth-order valence-corrected chi connectivity index (χ4v) is 1.86. The first kappa shape index (κ1) is 17.0. The molecule has 1 atom stereocenters. The second-order valence-corrected chi connectivity index (χ2v) is 5.06. The Morgan fingerprint density at radius 1 is 1.48 bits per heavy atom. The van der Waals surface area contributed by atoms with Gasteiger partial charge in [0.05, 0.1) is 0 Å². The zero-order valence-electron chi connectivity index (χ0n) is 12.8. The quantitative estimate of drug-likeness (QED) is 0.305. The molecule has 0 saturated heterocycles. The lowest BCUT2D eigenvalue weighted by Crippen LogP contribution is -2.37. The molecule has 6 heteroatoms. The summed E-state index contributed by atoms with van der Waals surface area (Å²) >= 11 is 0. The van der Waals surface area contributed by atoms with Crippen LogP contribution in [-0.4, -0.2) is 48.0 Å². The number of nitrogens with zero attached hydrogens (tertiary/aromatic N) is 2. The second kappa shape index (κ2) is 8.26. The number of carbonyl (C=O) groups excluding carboxylic acids is 1. The Balaban J connectivity index is 2.57. The maximum Gasteiger partial charge on any atom is 0.251 e. The number of hydrogen-bond donors (Lipinski definition) is 3. The van der Waals surface area contributed by atoms with Gasteiger partial charge in [-0.1, -0.05) is 24.2 Å². The van der Waals surface area contributed by atoms with Gasteiger partial charge in [0.2, 0.25) is 0 Å². The summed E-state index contributed by atoms with van der Waals surface area (Å²) < 4.78 is 0. The molecule has 0 aliphatic rings. The van der Waals surface area contributed by atoms with Gasteiger partial charge >= 0.3 is 0 Å². The minimum absolute atomic E-state index is 0.0128. The average molecular weight is 292 g/mol. The number of rotatable bonds is 7. The first-order valence-electron chi connectivity index (χ1n) is 7.06. The maximum atomic E-state index is 12.1. The van der Waals surface area contributed by atoms with Crippen LogP contribution in [0.25, 0.3) is 0 Å². The summed E-state index contributed by atoms with van der Waals surface area (Å²) in [6, 6.07) is 7.17. The maximum absolute atomic E-state index is 12.1. The number of amides is 1. The Labute approximate surface area is 125 Å². The Hall–Kier alpha value is -2.08. The largest absolute Gasteiger partial charge is 0.409 e. The number of oxime groups is 1. The normalized spacial score (nSPS) is 13.2. The highest BCUT2D eigenvalue weighted by Crippen LogP contribution is 2.05. The van der Waals surface area contributed by atoms with Gasteiger partial charge in [-0.2, -0.15) is 0 Å². The van der Waals surface area contributed by atoms with E-state index >= 15 is 0 Å². The van der Waals surface area contributed by atoms with Crippen molar-refractivity contribution in [3.05, 3.63) is 35.4 Å². The molecule has 0 fully saturated rings. The van der Waals surface area contributed by atoms with Gasteiger partial charge in [-0.25, -0.2) is 0 Å². The summed E-state index contributed by atoms with van der Waals surface area (Å²) in [4.78, 5) is 14.3. The first-order valence-corrected chi connectivity index (χ1v) is 7.06. The average Bonchev–Trinajstić information content (AvgIpc) is 2.52. The fourth-order valence-electron chi connectivity index (χ4n) is 1.86. The Kier molecular flexibility index (Phi) is 6.68. The fraction of sp³-hybridized carbons (Fsp3) is 0.467. The first-order chi connectivity index (χ1) is 9.99. The third kappa shape index (κ3) is 5.07. The molecule has 0 radical (unpaired) electrons. The van der Waals surface area contributed by atoms with E-state index in [0.717, 1.165) is 13.0 Å². The van der Waals surface area contributed by atoms with Crippen molar-refractivity contribution >= 4 is 11.7 Å². The van der Waals surface area contributed by atoms with Gasteiger partial charge in [0.15, 0.2) is 5.84 Å². The van der Waals surface area contributed by atoms with Gasteiger partial charge < -0.3 is 21.2 Å². The van der Waals surface area contributed by atoms with Gasteiger partial charge in [0, 0.05) is 30.3 Å². The standard InChI is InChI=1S/C15H24N4O2/c1-4-11(2)19(3)9-8-17-15(20)13-7-5-6-12(10-13)14(16)18-21/h5-7,10-11,21H,4,8-9H2,1-3H3,(H2,16,18)(H,17,20). The van der Waals surface area contributed by atoms with Crippen molar-refractivity contribution < 1.29 is 10.0 Å². The molecule has 0 aliphatic carbocycles. The van der Waals surface area contributed by atoms with Gasteiger partial charge in [-0.3, -0.25) is 4.79 Å². The van der Waals surface area contributed by atoms with E-state index in [1.165, 1.54) is 0 Å². The van der Waals surface area contributed by atoms with E-state index in [4.69, 9.17) is 10.9 Å². The molecule has 0 aliphatic heterocycles. The van der Waals surface area contributed by atoms with Crippen LogP contribution in [0.5, 0.6) is 0 Å². The van der Waals surface area contributed by atoms with Crippen LogP contribution in [0.15, 0.2) is 29.4 Å². The molecule has 1 aromatic carbocycles. The number of carbonyl (C=O) groups is 1. The minimum atomic E-state index is -0.167. The molecule has 1 rings (SSSR count). The SMILES string of the molecule is CCC(C)N(C)CCNC(=O)c1cccc(/C(N)=N/O)c1. The van der Waals surface area contributed by atoms with Gasteiger partial charge in [0.25, 0.3) is 5.91 Å². The molecule has 21 heavy (non-hydrogen) atoms. The van der Waals surface area contributed by atoms with Gasteiger partial charge in [0.1, 0.15) is 0 Å². The Morgan fingerprint density at radius 2 is 2.14 bits per heavy atom. The summed E-state index contributed by atoms with van der Waals surface area (Å²) in [5.74, 6) is -0.179. The van der Waals surface area contributed by atoms with E-state index < -0.39 is 0 Å². The van der Waals surface area contributed by atoms with E-state index in [-0.39, 0.29) is 11.7 Å². The van der Waals surface area contributed by atoms with Crippen molar-refractivity contribution in [3.8, 4) is 0 Å². The Morgan fingerprint density at radius 3 is 2.76 bits per heavy atom. The lowest BCUT2D eigenvalue weighted by molar-refractivity contribution is 0.0947. The van der Waals surface area contributed by atoms with Crippen molar-refractivity contribution in [2.45, 2.75) is 26.3 Å². The molecular formula is C15H24N4O2. The van der Waals surface area contributed by atoms with Crippen LogP contribution in [0.2, 0.25) is 0 Å².